The Labute approximate surface area is 127 Å². The number of aliphatic hydroxyl groups excluding tert-OH is 1. The lowest BCUT2D eigenvalue weighted by Gasteiger charge is -2.08. The number of rotatable bonds is 5. The quantitative estimate of drug-likeness (QED) is 0.754. The van der Waals surface area contributed by atoms with Crippen molar-refractivity contribution in [3.63, 3.8) is 0 Å². The summed E-state index contributed by atoms with van der Waals surface area (Å²) in [5, 5.41) is 16.7. The predicted molar refractivity (Wildman–Crippen MR) is 79.6 cm³/mol. The molecular weight excluding hydrogens is 282 g/mol. The molecule has 1 aromatic carbocycles. The van der Waals surface area contributed by atoms with Gasteiger partial charge in [-0.2, -0.15) is 5.10 Å². The Hall–Kier alpha value is -2.86. The molecule has 0 saturated carbocycles. The van der Waals surface area contributed by atoms with Crippen LogP contribution in [-0.2, 0) is 0 Å². The number of benzene rings is 1. The third-order valence-corrected chi connectivity index (χ3v) is 3.19. The molecule has 0 bridgehead atoms. The summed E-state index contributed by atoms with van der Waals surface area (Å²) in [5.74, 6) is 0.119. The first-order valence-corrected chi connectivity index (χ1v) is 6.84. The van der Waals surface area contributed by atoms with Gasteiger partial charge in [-0.15, -0.1) is 0 Å². The van der Waals surface area contributed by atoms with Crippen LogP contribution in [0, 0.1) is 0 Å². The van der Waals surface area contributed by atoms with Crippen LogP contribution in [0.2, 0.25) is 0 Å². The van der Waals surface area contributed by atoms with Crippen LogP contribution >= 0.6 is 0 Å². The van der Waals surface area contributed by atoms with Gasteiger partial charge in [-0.25, -0.2) is 4.68 Å². The molecule has 3 rings (SSSR count). The molecule has 3 aromatic rings. The van der Waals surface area contributed by atoms with E-state index in [1.165, 1.54) is 12.5 Å². The molecule has 0 spiro atoms. The van der Waals surface area contributed by atoms with Crippen LogP contribution in [0.5, 0.6) is 0 Å². The second-order valence-electron chi connectivity index (χ2n) is 4.75. The van der Waals surface area contributed by atoms with Crippen molar-refractivity contribution < 1.29 is 14.3 Å². The van der Waals surface area contributed by atoms with Crippen LogP contribution in [0.4, 0.5) is 0 Å². The van der Waals surface area contributed by atoms with Crippen molar-refractivity contribution in [3.8, 4) is 5.69 Å². The molecule has 0 fully saturated rings. The number of nitrogens with zero attached hydrogens (tertiary/aromatic N) is 2. The largest absolute Gasteiger partial charge is 0.467 e. The normalized spacial score (nSPS) is 12.0. The molecule has 6 nitrogen and oxygen atoms in total. The molecule has 22 heavy (non-hydrogen) atoms. The van der Waals surface area contributed by atoms with E-state index in [-0.39, 0.29) is 12.5 Å². The molecule has 2 N–H and O–H groups in total. The number of nitrogens with one attached hydrogen (secondary N) is 1. The van der Waals surface area contributed by atoms with Gasteiger partial charge in [0.15, 0.2) is 0 Å². The second kappa shape index (κ2) is 6.28. The zero-order valence-corrected chi connectivity index (χ0v) is 11.7. The minimum Gasteiger partial charge on any atom is -0.467 e. The molecule has 112 valence electrons. The van der Waals surface area contributed by atoms with Gasteiger partial charge in [-0.1, -0.05) is 18.2 Å². The molecule has 1 unspecified atom stereocenters. The van der Waals surface area contributed by atoms with E-state index in [0.29, 0.717) is 11.3 Å². The number of furan rings is 1. The zero-order chi connectivity index (χ0) is 15.4. The van der Waals surface area contributed by atoms with E-state index >= 15 is 0 Å². The first-order valence-electron chi connectivity index (χ1n) is 6.84. The fourth-order valence-corrected chi connectivity index (χ4v) is 2.03. The van der Waals surface area contributed by atoms with Crippen molar-refractivity contribution in [2.45, 2.75) is 6.10 Å². The summed E-state index contributed by atoms with van der Waals surface area (Å²) in [6.45, 7) is 0.0723. The number of hydrogen-bond acceptors (Lipinski definition) is 4. The lowest BCUT2D eigenvalue weighted by molar-refractivity contribution is 0.0901. The van der Waals surface area contributed by atoms with E-state index in [0.717, 1.165) is 5.69 Å². The van der Waals surface area contributed by atoms with Crippen LogP contribution in [0.25, 0.3) is 5.69 Å². The average molecular weight is 297 g/mol. The first kappa shape index (κ1) is 14.1. The SMILES string of the molecule is O=C(NCC(O)c1ccco1)c1cnn(-c2ccccc2)c1. The number of para-hydroxylation sites is 1. The molecule has 0 radical (unpaired) electrons. The van der Waals surface area contributed by atoms with Gasteiger partial charge >= 0.3 is 0 Å². The minimum absolute atomic E-state index is 0.0723. The fourth-order valence-electron chi connectivity index (χ4n) is 2.03. The number of carbonyl (C=O) groups excluding carboxylic acids is 1. The first-order chi connectivity index (χ1) is 10.7. The van der Waals surface area contributed by atoms with Crippen molar-refractivity contribution in [2.24, 2.45) is 0 Å². The number of carbonyl (C=O) groups is 1. The van der Waals surface area contributed by atoms with Crippen LogP contribution in [0.3, 0.4) is 0 Å². The zero-order valence-electron chi connectivity index (χ0n) is 11.7. The van der Waals surface area contributed by atoms with Gasteiger partial charge in [0.1, 0.15) is 11.9 Å². The van der Waals surface area contributed by atoms with Crippen molar-refractivity contribution in [3.05, 3.63) is 72.4 Å². The van der Waals surface area contributed by atoms with Crippen LogP contribution in [-0.4, -0.2) is 27.3 Å². The summed E-state index contributed by atoms with van der Waals surface area (Å²) >= 11 is 0. The highest BCUT2D eigenvalue weighted by atomic mass is 16.4. The lowest BCUT2D eigenvalue weighted by Crippen LogP contribution is -2.27. The molecule has 0 aliphatic rings. The summed E-state index contributed by atoms with van der Waals surface area (Å²) in [6, 6.07) is 12.9. The Morgan fingerprint density at radius 1 is 1.27 bits per heavy atom. The molecule has 2 aromatic heterocycles. The molecule has 2 heterocycles. The van der Waals surface area contributed by atoms with E-state index in [1.54, 1.807) is 23.0 Å². The fraction of sp³-hybridized carbons (Fsp3) is 0.125. The summed E-state index contributed by atoms with van der Waals surface area (Å²) in [4.78, 5) is 12.1. The van der Waals surface area contributed by atoms with Gasteiger partial charge in [0.2, 0.25) is 0 Å². The number of aromatic nitrogens is 2. The van der Waals surface area contributed by atoms with Crippen LogP contribution in [0.15, 0.2) is 65.5 Å². The Morgan fingerprint density at radius 2 is 2.09 bits per heavy atom. The highest BCUT2D eigenvalue weighted by Gasteiger charge is 2.14. The predicted octanol–water partition coefficient (Wildman–Crippen LogP) is 1.93. The Morgan fingerprint density at radius 3 is 2.82 bits per heavy atom. The molecule has 0 aliphatic heterocycles. The lowest BCUT2D eigenvalue weighted by atomic mass is 10.2. The summed E-state index contributed by atoms with van der Waals surface area (Å²) in [5.41, 5.74) is 1.30. The topological polar surface area (TPSA) is 80.3 Å². The van der Waals surface area contributed by atoms with E-state index < -0.39 is 6.10 Å². The maximum Gasteiger partial charge on any atom is 0.254 e. The van der Waals surface area contributed by atoms with Crippen molar-refractivity contribution >= 4 is 5.91 Å². The number of amides is 1. The Balaban J connectivity index is 1.62. The number of hydrogen-bond donors (Lipinski definition) is 2. The van der Waals surface area contributed by atoms with Gasteiger partial charge in [-0.05, 0) is 24.3 Å². The standard InChI is InChI=1S/C16H15N3O3/c20-14(15-7-4-8-22-15)10-17-16(21)12-9-18-19(11-12)13-5-2-1-3-6-13/h1-9,11,14,20H,10H2,(H,17,21). The minimum atomic E-state index is -0.872. The van der Waals surface area contributed by atoms with Gasteiger partial charge in [0.05, 0.1) is 30.3 Å². The molecule has 1 atom stereocenters. The monoisotopic (exact) mass is 297 g/mol. The summed E-state index contributed by atoms with van der Waals surface area (Å²) < 4.78 is 6.70. The highest BCUT2D eigenvalue weighted by molar-refractivity contribution is 5.93. The smallest absolute Gasteiger partial charge is 0.254 e. The van der Waals surface area contributed by atoms with Gasteiger partial charge in [-0.3, -0.25) is 4.79 Å². The third kappa shape index (κ3) is 3.07. The van der Waals surface area contributed by atoms with Crippen LogP contribution in [0.1, 0.15) is 22.2 Å². The van der Waals surface area contributed by atoms with E-state index in [4.69, 9.17) is 4.42 Å². The summed E-state index contributed by atoms with van der Waals surface area (Å²) in [7, 11) is 0. The molecule has 0 saturated heterocycles. The Kier molecular flexibility index (Phi) is 4.02. The molecular formula is C16H15N3O3. The highest BCUT2D eigenvalue weighted by Crippen LogP contribution is 2.12. The Bertz CT molecular complexity index is 735. The van der Waals surface area contributed by atoms with E-state index in [1.807, 2.05) is 30.3 Å². The van der Waals surface area contributed by atoms with Crippen molar-refractivity contribution in [1.82, 2.24) is 15.1 Å². The molecule has 6 heteroatoms. The van der Waals surface area contributed by atoms with Crippen molar-refractivity contribution in [1.29, 1.82) is 0 Å². The maximum atomic E-state index is 12.1. The van der Waals surface area contributed by atoms with Gasteiger partial charge < -0.3 is 14.8 Å². The van der Waals surface area contributed by atoms with Crippen LogP contribution < -0.4 is 5.32 Å². The summed E-state index contributed by atoms with van der Waals surface area (Å²) in [6.07, 6.45) is 3.73. The molecule has 0 aliphatic carbocycles. The van der Waals surface area contributed by atoms with E-state index in [2.05, 4.69) is 10.4 Å². The van der Waals surface area contributed by atoms with E-state index in [9.17, 15) is 9.90 Å². The third-order valence-electron chi connectivity index (χ3n) is 3.19. The number of aliphatic hydroxyl groups is 1. The molecule has 1 amide bonds. The second-order valence-corrected chi connectivity index (χ2v) is 4.75. The van der Waals surface area contributed by atoms with Gasteiger partial charge in [0, 0.05) is 6.20 Å². The van der Waals surface area contributed by atoms with Crippen molar-refractivity contribution in [2.75, 3.05) is 6.54 Å². The average Bonchev–Trinajstić information content (AvgIpc) is 3.24. The maximum absolute atomic E-state index is 12.1. The van der Waals surface area contributed by atoms with Gasteiger partial charge in [0.25, 0.3) is 5.91 Å².